The summed E-state index contributed by atoms with van der Waals surface area (Å²) in [6.07, 6.45) is 1.31. The van der Waals surface area contributed by atoms with Gasteiger partial charge in [0, 0.05) is 13.5 Å². The first-order valence-electron chi connectivity index (χ1n) is 5.72. The van der Waals surface area contributed by atoms with E-state index in [1.807, 2.05) is 35.9 Å². The molecule has 17 heavy (non-hydrogen) atoms. The summed E-state index contributed by atoms with van der Waals surface area (Å²) in [6.45, 7) is 1.73. The summed E-state index contributed by atoms with van der Waals surface area (Å²) in [4.78, 5) is 15.3. The van der Waals surface area contributed by atoms with Gasteiger partial charge in [0.2, 0.25) is 0 Å². The molecule has 4 heteroatoms. The average molecular weight is 232 g/mol. The van der Waals surface area contributed by atoms with Crippen LogP contribution in [0.5, 0.6) is 0 Å². The van der Waals surface area contributed by atoms with Gasteiger partial charge < -0.3 is 9.67 Å². The fourth-order valence-electron chi connectivity index (χ4n) is 1.89. The second-order valence-corrected chi connectivity index (χ2v) is 4.35. The van der Waals surface area contributed by atoms with Crippen LogP contribution in [0, 0.1) is 5.92 Å². The summed E-state index contributed by atoms with van der Waals surface area (Å²) >= 11 is 0. The van der Waals surface area contributed by atoms with Gasteiger partial charge in [-0.05, 0) is 18.6 Å². The van der Waals surface area contributed by atoms with Gasteiger partial charge in [-0.1, -0.05) is 19.1 Å². The number of carboxylic acids is 1. The monoisotopic (exact) mass is 232 g/mol. The SMILES string of the molecule is CC(CCc1nc2ccccc2n1C)C(=O)O. The average Bonchev–Trinajstić information content (AvgIpc) is 2.64. The van der Waals surface area contributed by atoms with Crippen LogP contribution < -0.4 is 0 Å². The smallest absolute Gasteiger partial charge is 0.306 e. The van der Waals surface area contributed by atoms with Gasteiger partial charge in [0.15, 0.2) is 0 Å². The topological polar surface area (TPSA) is 55.1 Å². The highest BCUT2D eigenvalue weighted by Crippen LogP contribution is 2.16. The van der Waals surface area contributed by atoms with Crippen molar-refractivity contribution in [2.75, 3.05) is 0 Å². The molecule has 0 saturated carbocycles. The van der Waals surface area contributed by atoms with Crippen molar-refractivity contribution in [3.05, 3.63) is 30.1 Å². The van der Waals surface area contributed by atoms with E-state index in [1.54, 1.807) is 6.92 Å². The summed E-state index contributed by atoms with van der Waals surface area (Å²) < 4.78 is 2.03. The Kier molecular flexibility index (Phi) is 3.13. The maximum absolute atomic E-state index is 10.8. The molecule has 1 N–H and O–H groups in total. The molecule has 2 rings (SSSR count). The molecule has 4 nitrogen and oxygen atoms in total. The van der Waals surface area contributed by atoms with E-state index in [0.29, 0.717) is 12.8 Å². The molecule has 0 bridgehead atoms. The second-order valence-electron chi connectivity index (χ2n) is 4.35. The summed E-state index contributed by atoms with van der Waals surface area (Å²) in [7, 11) is 1.97. The first-order chi connectivity index (χ1) is 8.09. The Bertz CT molecular complexity index is 545. The standard InChI is InChI=1S/C13H16N2O2/c1-9(13(16)17)7-8-12-14-10-5-3-4-6-11(10)15(12)2/h3-6,9H,7-8H2,1-2H3,(H,16,17). The highest BCUT2D eigenvalue weighted by molar-refractivity contribution is 5.75. The second kappa shape index (κ2) is 4.57. The summed E-state index contributed by atoms with van der Waals surface area (Å²) in [5.41, 5.74) is 2.05. The van der Waals surface area contributed by atoms with E-state index in [1.165, 1.54) is 0 Å². The number of aliphatic carboxylic acids is 1. The number of hydrogen-bond acceptors (Lipinski definition) is 2. The lowest BCUT2D eigenvalue weighted by atomic mass is 10.1. The van der Waals surface area contributed by atoms with Gasteiger partial charge in [0.25, 0.3) is 0 Å². The lowest BCUT2D eigenvalue weighted by Crippen LogP contribution is -2.11. The normalized spacial score (nSPS) is 12.8. The molecular weight excluding hydrogens is 216 g/mol. The third kappa shape index (κ3) is 2.30. The lowest BCUT2D eigenvalue weighted by Gasteiger charge is -2.05. The van der Waals surface area contributed by atoms with Crippen LogP contribution in [0.15, 0.2) is 24.3 Å². The molecule has 90 valence electrons. The number of nitrogens with zero attached hydrogens (tertiary/aromatic N) is 2. The minimum absolute atomic E-state index is 0.324. The number of fused-ring (bicyclic) bond motifs is 1. The third-order valence-corrected chi connectivity index (χ3v) is 3.10. The number of para-hydroxylation sites is 2. The first-order valence-corrected chi connectivity index (χ1v) is 5.72. The van der Waals surface area contributed by atoms with E-state index in [4.69, 9.17) is 5.11 Å². The zero-order chi connectivity index (χ0) is 12.4. The van der Waals surface area contributed by atoms with Gasteiger partial charge in [-0.2, -0.15) is 0 Å². The summed E-state index contributed by atoms with van der Waals surface area (Å²) in [6, 6.07) is 7.93. The number of aryl methyl sites for hydroxylation is 2. The number of hydrogen-bond donors (Lipinski definition) is 1. The molecule has 0 aliphatic carbocycles. The first kappa shape index (κ1) is 11.6. The van der Waals surface area contributed by atoms with E-state index < -0.39 is 5.97 Å². The Labute approximate surface area is 99.9 Å². The van der Waals surface area contributed by atoms with Crippen molar-refractivity contribution in [1.29, 1.82) is 0 Å². The van der Waals surface area contributed by atoms with Crippen molar-refractivity contribution in [3.63, 3.8) is 0 Å². The fourth-order valence-corrected chi connectivity index (χ4v) is 1.89. The molecule has 1 aromatic heterocycles. The number of benzene rings is 1. The number of carbonyl (C=O) groups is 1. The van der Waals surface area contributed by atoms with Crippen LogP contribution in [-0.2, 0) is 18.3 Å². The molecule has 2 aromatic rings. The summed E-state index contributed by atoms with van der Waals surface area (Å²) in [5, 5.41) is 8.84. The Morgan fingerprint density at radius 3 is 2.82 bits per heavy atom. The number of rotatable bonds is 4. The van der Waals surface area contributed by atoms with Crippen LogP contribution in [0.3, 0.4) is 0 Å². The molecule has 1 heterocycles. The third-order valence-electron chi connectivity index (χ3n) is 3.10. The Balaban J connectivity index is 2.19. The van der Waals surface area contributed by atoms with Crippen LogP contribution in [0.4, 0.5) is 0 Å². The van der Waals surface area contributed by atoms with Gasteiger partial charge in [0.05, 0.1) is 17.0 Å². The zero-order valence-electron chi connectivity index (χ0n) is 10.1. The van der Waals surface area contributed by atoms with Crippen LogP contribution in [0.1, 0.15) is 19.2 Å². The molecule has 1 unspecified atom stereocenters. The maximum Gasteiger partial charge on any atom is 0.306 e. The van der Waals surface area contributed by atoms with Crippen molar-refractivity contribution < 1.29 is 9.90 Å². The van der Waals surface area contributed by atoms with Gasteiger partial charge in [0.1, 0.15) is 5.82 Å². The van der Waals surface area contributed by atoms with E-state index in [-0.39, 0.29) is 5.92 Å². The highest BCUT2D eigenvalue weighted by atomic mass is 16.4. The van der Waals surface area contributed by atoms with Crippen molar-refractivity contribution in [2.45, 2.75) is 19.8 Å². The minimum atomic E-state index is -0.747. The van der Waals surface area contributed by atoms with Gasteiger partial charge in [-0.15, -0.1) is 0 Å². The van der Waals surface area contributed by atoms with E-state index in [2.05, 4.69) is 4.98 Å². The summed E-state index contributed by atoms with van der Waals surface area (Å²) in [5.74, 6) is -0.127. The zero-order valence-corrected chi connectivity index (χ0v) is 10.1. The van der Waals surface area contributed by atoms with Crippen molar-refractivity contribution in [2.24, 2.45) is 13.0 Å². The van der Waals surface area contributed by atoms with E-state index in [0.717, 1.165) is 16.9 Å². The number of aromatic nitrogens is 2. The van der Waals surface area contributed by atoms with Gasteiger partial charge >= 0.3 is 5.97 Å². The van der Waals surface area contributed by atoms with Crippen molar-refractivity contribution in [1.82, 2.24) is 9.55 Å². The van der Waals surface area contributed by atoms with E-state index in [9.17, 15) is 4.79 Å². The van der Waals surface area contributed by atoms with Crippen molar-refractivity contribution >= 4 is 17.0 Å². The molecule has 0 spiro atoms. The molecule has 0 saturated heterocycles. The van der Waals surface area contributed by atoms with Crippen LogP contribution >= 0.6 is 0 Å². The lowest BCUT2D eigenvalue weighted by molar-refractivity contribution is -0.141. The predicted molar refractivity (Wildman–Crippen MR) is 65.8 cm³/mol. The molecule has 0 aliphatic heterocycles. The van der Waals surface area contributed by atoms with Crippen LogP contribution in [0.2, 0.25) is 0 Å². The largest absolute Gasteiger partial charge is 0.481 e. The number of imidazole rings is 1. The highest BCUT2D eigenvalue weighted by Gasteiger charge is 2.13. The predicted octanol–water partition coefficient (Wildman–Crippen LogP) is 2.23. The Morgan fingerprint density at radius 2 is 2.18 bits per heavy atom. The van der Waals surface area contributed by atoms with Crippen molar-refractivity contribution in [3.8, 4) is 0 Å². The Hall–Kier alpha value is -1.84. The molecule has 1 atom stereocenters. The minimum Gasteiger partial charge on any atom is -0.481 e. The van der Waals surface area contributed by atoms with Gasteiger partial charge in [-0.25, -0.2) is 4.98 Å². The van der Waals surface area contributed by atoms with Crippen LogP contribution in [-0.4, -0.2) is 20.6 Å². The van der Waals surface area contributed by atoms with E-state index >= 15 is 0 Å². The fraction of sp³-hybridized carbons (Fsp3) is 0.385. The maximum atomic E-state index is 10.8. The van der Waals surface area contributed by atoms with Crippen LogP contribution in [0.25, 0.3) is 11.0 Å². The van der Waals surface area contributed by atoms with Gasteiger partial charge in [-0.3, -0.25) is 4.79 Å². The molecule has 0 amide bonds. The molecule has 0 aliphatic rings. The molecule has 1 aromatic carbocycles. The number of carboxylic acid groups (broad SMARTS) is 1. The quantitative estimate of drug-likeness (QED) is 0.879. The molecular formula is C13H16N2O2. The Morgan fingerprint density at radius 1 is 1.47 bits per heavy atom. The molecule has 0 radical (unpaired) electrons. The molecule has 0 fully saturated rings.